The summed E-state index contributed by atoms with van der Waals surface area (Å²) in [5.74, 6) is -0.0402. The van der Waals surface area contributed by atoms with Crippen molar-refractivity contribution in [2.45, 2.75) is 25.8 Å². The van der Waals surface area contributed by atoms with E-state index >= 15 is 0 Å². The van der Waals surface area contributed by atoms with Crippen LogP contribution in [-0.2, 0) is 11.2 Å². The smallest absolute Gasteiger partial charge is 0.308 e. The van der Waals surface area contributed by atoms with Gasteiger partial charge in [-0.2, -0.15) is 0 Å². The Morgan fingerprint density at radius 1 is 1.15 bits per heavy atom. The van der Waals surface area contributed by atoms with Crippen molar-refractivity contribution in [3.63, 3.8) is 0 Å². The summed E-state index contributed by atoms with van der Waals surface area (Å²) in [5, 5.41) is 11.6. The largest absolute Gasteiger partial charge is 0.426 e. The van der Waals surface area contributed by atoms with Crippen LogP contribution in [0.4, 0.5) is 5.69 Å². The second kappa shape index (κ2) is 9.87. The zero-order chi connectivity index (χ0) is 27.3. The molecule has 4 aromatic rings. The number of allylic oxidation sites excluding steroid dienone is 1. The van der Waals surface area contributed by atoms with Crippen molar-refractivity contribution >= 4 is 50.7 Å². The molecule has 0 N–H and O–H groups in total. The fourth-order valence-corrected chi connectivity index (χ4v) is 6.61. The molecule has 0 saturated carbocycles. The Morgan fingerprint density at radius 2 is 1.97 bits per heavy atom. The van der Waals surface area contributed by atoms with Crippen LogP contribution in [-0.4, -0.2) is 15.5 Å². The molecular weight excluding hydrogens is 582 g/mol. The Hall–Kier alpha value is -4.15. The van der Waals surface area contributed by atoms with Gasteiger partial charge in [0, 0.05) is 24.6 Å². The first-order chi connectivity index (χ1) is 18.8. The Labute approximate surface area is 234 Å². The molecule has 39 heavy (non-hydrogen) atoms. The third-order valence-corrected chi connectivity index (χ3v) is 8.38. The summed E-state index contributed by atoms with van der Waals surface area (Å²) in [5.41, 5.74) is 5.18. The van der Waals surface area contributed by atoms with E-state index in [1.165, 1.54) is 29.9 Å². The first kappa shape index (κ1) is 25.1. The number of ether oxygens (including phenoxy) is 1. The van der Waals surface area contributed by atoms with Gasteiger partial charge in [-0.1, -0.05) is 53.8 Å². The molecule has 2 aliphatic rings. The number of halogens is 1. The third-order valence-electron chi connectivity index (χ3n) is 6.78. The van der Waals surface area contributed by atoms with E-state index in [0.29, 0.717) is 31.5 Å². The van der Waals surface area contributed by atoms with Gasteiger partial charge in [0.2, 0.25) is 0 Å². The number of aromatic nitrogens is 1. The molecule has 3 aromatic carbocycles. The van der Waals surface area contributed by atoms with Crippen LogP contribution in [0, 0.1) is 10.1 Å². The van der Waals surface area contributed by atoms with Crippen LogP contribution in [0.3, 0.4) is 0 Å². The normalized spacial score (nSPS) is 16.2. The lowest BCUT2D eigenvalue weighted by atomic mass is 9.83. The number of aryl methyl sites for hydroxylation is 1. The van der Waals surface area contributed by atoms with Gasteiger partial charge in [-0.25, -0.2) is 4.99 Å². The summed E-state index contributed by atoms with van der Waals surface area (Å²) < 4.78 is 7.90. The molecule has 0 amide bonds. The minimum atomic E-state index is -0.510. The van der Waals surface area contributed by atoms with Gasteiger partial charge in [0.15, 0.2) is 4.80 Å². The number of thiazole rings is 1. The standard InChI is InChI=1S/C29H20BrN3O5S/c1-16(34)38-24-12-9-17(13-23(24)30)14-25-28(35)32-27(19-6-4-7-20(15-19)33(36)37)22-11-10-18-5-2-3-8-21(18)26(22)31-29(32)39-25/h2-9,12-15,27H,10-11H2,1H3/b25-14+/t27-/m0/s1. The van der Waals surface area contributed by atoms with Gasteiger partial charge in [0.1, 0.15) is 5.75 Å². The number of non-ortho nitro benzene ring substituents is 1. The SMILES string of the molecule is CC(=O)Oc1ccc(/C=c2/sc3n(c2=O)[C@@H](c2cccc([N+](=O)[O-])c2)C2=C(N=3)c3ccccc3CC2)cc1Br. The van der Waals surface area contributed by atoms with Crippen LogP contribution in [0.15, 0.2) is 86.6 Å². The predicted molar refractivity (Wildman–Crippen MR) is 151 cm³/mol. The zero-order valence-electron chi connectivity index (χ0n) is 20.6. The molecule has 0 fully saturated rings. The van der Waals surface area contributed by atoms with Crippen molar-refractivity contribution in [3.8, 4) is 5.75 Å². The van der Waals surface area contributed by atoms with Crippen LogP contribution in [0.1, 0.15) is 41.6 Å². The Balaban J connectivity index is 1.56. The quantitative estimate of drug-likeness (QED) is 0.143. The summed E-state index contributed by atoms with van der Waals surface area (Å²) in [4.78, 5) is 41.9. The summed E-state index contributed by atoms with van der Waals surface area (Å²) >= 11 is 4.70. The van der Waals surface area contributed by atoms with E-state index in [1.807, 2.05) is 24.3 Å². The van der Waals surface area contributed by atoms with E-state index in [2.05, 4.69) is 22.0 Å². The third kappa shape index (κ3) is 4.55. The first-order valence-electron chi connectivity index (χ1n) is 12.2. The fraction of sp³-hybridized carbons (Fsp3) is 0.138. The van der Waals surface area contributed by atoms with Gasteiger partial charge >= 0.3 is 5.97 Å². The molecule has 0 radical (unpaired) electrons. The van der Waals surface area contributed by atoms with Crippen molar-refractivity contribution in [1.29, 1.82) is 0 Å². The Kier molecular flexibility index (Phi) is 6.36. The maximum absolute atomic E-state index is 13.9. The fourth-order valence-electron chi connectivity index (χ4n) is 5.13. The highest BCUT2D eigenvalue weighted by molar-refractivity contribution is 9.10. The van der Waals surface area contributed by atoms with Crippen molar-refractivity contribution in [1.82, 2.24) is 4.57 Å². The number of rotatable bonds is 4. The van der Waals surface area contributed by atoms with Gasteiger partial charge in [0.25, 0.3) is 11.2 Å². The lowest BCUT2D eigenvalue weighted by molar-refractivity contribution is -0.384. The molecule has 0 bridgehead atoms. The molecule has 1 atom stereocenters. The highest BCUT2D eigenvalue weighted by atomic mass is 79.9. The van der Waals surface area contributed by atoms with Crippen LogP contribution >= 0.6 is 27.3 Å². The summed E-state index contributed by atoms with van der Waals surface area (Å²) in [6.07, 6.45) is 3.26. The highest BCUT2D eigenvalue weighted by Crippen LogP contribution is 2.41. The van der Waals surface area contributed by atoms with E-state index in [0.717, 1.165) is 28.8 Å². The van der Waals surface area contributed by atoms with E-state index < -0.39 is 16.9 Å². The maximum atomic E-state index is 13.9. The van der Waals surface area contributed by atoms with Gasteiger partial charge in [0.05, 0.1) is 25.7 Å². The Bertz CT molecular complexity index is 1910. The molecule has 0 unspecified atom stereocenters. The number of carbonyl (C=O) groups excluding carboxylic acids is 1. The Morgan fingerprint density at radius 3 is 2.74 bits per heavy atom. The number of nitro benzene ring substituents is 1. The van der Waals surface area contributed by atoms with E-state index in [1.54, 1.807) is 41.0 Å². The van der Waals surface area contributed by atoms with Crippen molar-refractivity contribution in [2.75, 3.05) is 0 Å². The molecule has 6 rings (SSSR count). The average molecular weight is 602 g/mol. The number of hydrogen-bond acceptors (Lipinski definition) is 7. The molecule has 1 aliphatic heterocycles. The lowest BCUT2D eigenvalue weighted by Crippen LogP contribution is -2.38. The number of fused-ring (bicyclic) bond motifs is 3. The molecule has 1 aliphatic carbocycles. The van der Waals surface area contributed by atoms with E-state index in [9.17, 15) is 19.7 Å². The number of hydrogen-bond donors (Lipinski definition) is 0. The summed E-state index contributed by atoms with van der Waals surface area (Å²) in [6, 6.07) is 19.3. The number of nitrogens with zero attached hydrogens (tertiary/aromatic N) is 3. The molecule has 8 nitrogen and oxygen atoms in total. The molecule has 10 heteroatoms. The summed E-state index contributed by atoms with van der Waals surface area (Å²) in [6.45, 7) is 1.33. The average Bonchev–Trinajstić information content (AvgIpc) is 3.23. The van der Waals surface area contributed by atoms with Gasteiger partial charge < -0.3 is 4.74 Å². The topological polar surface area (TPSA) is 104 Å². The number of esters is 1. The molecule has 1 aromatic heterocycles. The van der Waals surface area contributed by atoms with Gasteiger partial charge in [-0.05, 0) is 69.2 Å². The van der Waals surface area contributed by atoms with Crippen molar-refractivity contribution in [2.24, 2.45) is 4.99 Å². The van der Waals surface area contributed by atoms with Crippen molar-refractivity contribution < 1.29 is 14.5 Å². The number of carbonyl (C=O) groups is 1. The van der Waals surface area contributed by atoms with Crippen LogP contribution < -0.4 is 19.6 Å². The molecule has 2 heterocycles. The number of benzene rings is 3. The van der Waals surface area contributed by atoms with Crippen molar-refractivity contribution in [3.05, 3.63) is 129 Å². The van der Waals surface area contributed by atoms with E-state index in [-0.39, 0.29) is 11.2 Å². The molecule has 0 spiro atoms. The lowest BCUT2D eigenvalue weighted by Gasteiger charge is -2.30. The van der Waals surface area contributed by atoms with E-state index in [4.69, 9.17) is 9.73 Å². The second-order valence-electron chi connectivity index (χ2n) is 9.25. The second-order valence-corrected chi connectivity index (χ2v) is 11.1. The molecule has 0 saturated heterocycles. The van der Waals surface area contributed by atoms with Gasteiger partial charge in [-0.3, -0.25) is 24.3 Å². The molecule has 194 valence electrons. The molecular formula is C29H20BrN3O5S. The van der Waals surface area contributed by atoms with Gasteiger partial charge in [-0.15, -0.1) is 0 Å². The minimum Gasteiger partial charge on any atom is -0.426 e. The summed E-state index contributed by atoms with van der Waals surface area (Å²) in [7, 11) is 0. The van der Waals surface area contributed by atoms with Crippen LogP contribution in [0.5, 0.6) is 5.75 Å². The first-order valence-corrected chi connectivity index (χ1v) is 13.8. The highest BCUT2D eigenvalue weighted by Gasteiger charge is 2.33. The monoisotopic (exact) mass is 601 g/mol. The minimum absolute atomic E-state index is 0.0253. The maximum Gasteiger partial charge on any atom is 0.308 e. The van der Waals surface area contributed by atoms with Crippen LogP contribution in [0.25, 0.3) is 11.8 Å². The number of nitro groups is 1. The predicted octanol–water partition coefficient (Wildman–Crippen LogP) is 4.91. The van der Waals surface area contributed by atoms with Crippen LogP contribution in [0.2, 0.25) is 0 Å². The zero-order valence-corrected chi connectivity index (χ0v) is 23.0.